The van der Waals surface area contributed by atoms with Crippen molar-refractivity contribution >= 4 is 17.7 Å². The molecule has 0 saturated heterocycles. The van der Waals surface area contributed by atoms with Crippen molar-refractivity contribution in [1.29, 1.82) is 0 Å². The Morgan fingerprint density at radius 1 is 1.10 bits per heavy atom. The topological polar surface area (TPSA) is 55.1 Å². The Morgan fingerprint density at radius 2 is 1.71 bits per heavy atom. The average Bonchev–Trinajstić information content (AvgIpc) is 2.52. The molecule has 4 heteroatoms. The molecule has 110 valence electrons. The zero-order valence-corrected chi connectivity index (χ0v) is 12.9. The maximum absolute atomic E-state index is 11.5. The van der Waals surface area contributed by atoms with Gasteiger partial charge in [-0.2, -0.15) is 0 Å². The molecule has 0 heterocycles. The van der Waals surface area contributed by atoms with Crippen molar-refractivity contribution in [3.8, 4) is 11.1 Å². The van der Waals surface area contributed by atoms with Gasteiger partial charge in [0, 0.05) is 4.90 Å². The molecule has 0 saturated carbocycles. The molecule has 0 aliphatic rings. The highest BCUT2D eigenvalue weighted by Crippen LogP contribution is 2.23. The Labute approximate surface area is 130 Å². The van der Waals surface area contributed by atoms with E-state index in [1.165, 1.54) is 23.1 Å². The third kappa shape index (κ3) is 4.70. The lowest BCUT2D eigenvalue weighted by Gasteiger charge is -2.14. The predicted molar refractivity (Wildman–Crippen MR) is 89.0 cm³/mol. The van der Waals surface area contributed by atoms with Gasteiger partial charge in [-0.05, 0) is 55.1 Å². The minimum atomic E-state index is -0.186. The number of nitrogens with one attached hydrogen (secondary N) is 1. The van der Waals surface area contributed by atoms with Crippen LogP contribution in [0.25, 0.3) is 11.1 Å². The first kappa shape index (κ1) is 15.8. The Balaban J connectivity index is 1.98. The van der Waals surface area contributed by atoms with E-state index in [2.05, 4.69) is 41.1 Å². The number of ketones is 1. The molecule has 3 N–H and O–H groups in total. The Morgan fingerprint density at radius 3 is 2.29 bits per heavy atom. The summed E-state index contributed by atoms with van der Waals surface area (Å²) in [5, 5.41) is 0. The molecule has 1 atom stereocenters. The summed E-state index contributed by atoms with van der Waals surface area (Å²) in [5.41, 5.74) is 7.90. The van der Waals surface area contributed by atoms with Crippen LogP contribution < -0.4 is 10.5 Å². The van der Waals surface area contributed by atoms with Crippen LogP contribution in [0.1, 0.15) is 13.3 Å². The highest BCUT2D eigenvalue weighted by atomic mass is 32.2. The summed E-state index contributed by atoms with van der Waals surface area (Å²) >= 11 is 1.47. The number of Topliss-reactive ketones (excluding diaryl/α,β-unsaturated/α-hetero) is 1. The predicted octanol–water partition coefficient (Wildman–Crippen LogP) is 3.26. The largest absolute Gasteiger partial charge is 0.330 e. The number of nitrogens with two attached hydrogens (primary N) is 1. The fourth-order valence-corrected chi connectivity index (χ4v) is 2.83. The summed E-state index contributed by atoms with van der Waals surface area (Å²) in [4.78, 5) is 12.5. The maximum atomic E-state index is 11.5. The van der Waals surface area contributed by atoms with Gasteiger partial charge in [0.15, 0.2) is 0 Å². The first-order chi connectivity index (χ1) is 10.2. The molecule has 0 amide bonds. The van der Waals surface area contributed by atoms with Gasteiger partial charge in [-0.15, -0.1) is 0 Å². The average molecular weight is 300 g/mol. The molecule has 2 aromatic rings. The molecule has 0 aromatic heterocycles. The molecule has 3 nitrogen and oxygen atoms in total. The van der Waals surface area contributed by atoms with Gasteiger partial charge in [-0.3, -0.25) is 4.79 Å². The second-order valence-electron chi connectivity index (χ2n) is 4.85. The molecule has 0 spiro atoms. The lowest BCUT2D eigenvalue weighted by Crippen LogP contribution is -2.32. The normalized spacial score (nSPS) is 12.1. The van der Waals surface area contributed by atoms with Crippen LogP contribution in [0.4, 0.5) is 0 Å². The number of benzene rings is 2. The van der Waals surface area contributed by atoms with Crippen LogP contribution in [0.3, 0.4) is 0 Å². The fourth-order valence-electron chi connectivity index (χ4n) is 2.00. The Bertz CT molecular complexity index is 569. The van der Waals surface area contributed by atoms with Crippen molar-refractivity contribution in [3.05, 3.63) is 54.6 Å². The zero-order chi connectivity index (χ0) is 15.1. The standard InChI is InChI=1S/C17H20N2OS/c1-13(20)17(11-12-18)19-21-16-9-7-15(8-10-16)14-5-3-2-4-6-14/h2-10,17,19H,11-12,18H2,1H3. The number of carbonyl (C=O) groups is 1. The molecule has 0 fully saturated rings. The lowest BCUT2D eigenvalue weighted by atomic mass is 10.1. The second-order valence-corrected chi connectivity index (χ2v) is 5.76. The molecule has 0 aliphatic heterocycles. The van der Waals surface area contributed by atoms with Crippen molar-refractivity contribution < 1.29 is 4.79 Å². The van der Waals surface area contributed by atoms with Crippen molar-refractivity contribution in [1.82, 2.24) is 4.72 Å². The molecular formula is C17H20N2OS. The minimum absolute atomic E-state index is 0.119. The van der Waals surface area contributed by atoms with E-state index >= 15 is 0 Å². The quantitative estimate of drug-likeness (QED) is 0.771. The van der Waals surface area contributed by atoms with Gasteiger partial charge in [0.25, 0.3) is 0 Å². The van der Waals surface area contributed by atoms with Gasteiger partial charge >= 0.3 is 0 Å². The van der Waals surface area contributed by atoms with Crippen molar-refractivity contribution in [2.45, 2.75) is 24.3 Å². The van der Waals surface area contributed by atoms with Gasteiger partial charge in [0.05, 0.1) is 6.04 Å². The van der Waals surface area contributed by atoms with Gasteiger partial charge in [0.2, 0.25) is 0 Å². The number of carbonyl (C=O) groups excluding carboxylic acids is 1. The Hall–Kier alpha value is -1.62. The van der Waals surface area contributed by atoms with Crippen molar-refractivity contribution in [2.75, 3.05) is 6.54 Å². The van der Waals surface area contributed by atoms with E-state index in [0.29, 0.717) is 13.0 Å². The summed E-state index contributed by atoms with van der Waals surface area (Å²) in [7, 11) is 0. The van der Waals surface area contributed by atoms with E-state index < -0.39 is 0 Å². The molecule has 0 radical (unpaired) electrons. The van der Waals surface area contributed by atoms with Crippen LogP contribution >= 0.6 is 11.9 Å². The second kappa shape index (κ2) is 7.98. The van der Waals surface area contributed by atoms with Crippen LogP contribution in [0.2, 0.25) is 0 Å². The molecule has 21 heavy (non-hydrogen) atoms. The van der Waals surface area contributed by atoms with Crippen molar-refractivity contribution in [2.24, 2.45) is 5.73 Å². The number of hydrogen-bond donors (Lipinski definition) is 2. The van der Waals surface area contributed by atoms with E-state index in [-0.39, 0.29) is 11.8 Å². The summed E-state index contributed by atoms with van der Waals surface area (Å²) in [6.45, 7) is 2.09. The summed E-state index contributed by atoms with van der Waals surface area (Å²) in [6, 6.07) is 18.4. The summed E-state index contributed by atoms with van der Waals surface area (Å²) < 4.78 is 3.18. The fraction of sp³-hybridized carbons (Fsp3) is 0.235. The monoisotopic (exact) mass is 300 g/mol. The molecule has 2 rings (SSSR count). The van der Waals surface area contributed by atoms with E-state index in [4.69, 9.17) is 5.73 Å². The van der Waals surface area contributed by atoms with Crippen molar-refractivity contribution in [3.63, 3.8) is 0 Å². The van der Waals surface area contributed by atoms with Crippen LogP contribution in [0.5, 0.6) is 0 Å². The highest BCUT2D eigenvalue weighted by Gasteiger charge is 2.12. The molecular weight excluding hydrogens is 280 g/mol. The van der Waals surface area contributed by atoms with Crippen LogP contribution in [0, 0.1) is 0 Å². The molecule has 1 unspecified atom stereocenters. The number of rotatable bonds is 7. The first-order valence-electron chi connectivity index (χ1n) is 6.99. The van der Waals surface area contributed by atoms with Crippen LogP contribution in [-0.2, 0) is 4.79 Å². The van der Waals surface area contributed by atoms with Crippen LogP contribution in [-0.4, -0.2) is 18.4 Å². The van der Waals surface area contributed by atoms with E-state index in [1.54, 1.807) is 6.92 Å². The third-order valence-electron chi connectivity index (χ3n) is 3.23. The molecule has 0 aliphatic carbocycles. The Kier molecular flexibility index (Phi) is 5.99. The molecule has 0 bridgehead atoms. The van der Waals surface area contributed by atoms with Gasteiger partial charge in [0.1, 0.15) is 5.78 Å². The third-order valence-corrected chi connectivity index (χ3v) is 4.14. The SMILES string of the molecule is CC(=O)C(CCN)NSc1ccc(-c2ccccc2)cc1. The van der Waals surface area contributed by atoms with E-state index in [9.17, 15) is 4.79 Å². The summed E-state index contributed by atoms with van der Waals surface area (Å²) in [5.74, 6) is 0.119. The van der Waals surface area contributed by atoms with E-state index in [0.717, 1.165) is 4.90 Å². The maximum Gasteiger partial charge on any atom is 0.147 e. The number of hydrogen-bond acceptors (Lipinski definition) is 4. The minimum Gasteiger partial charge on any atom is -0.330 e. The smallest absolute Gasteiger partial charge is 0.147 e. The van der Waals surface area contributed by atoms with Gasteiger partial charge < -0.3 is 5.73 Å². The molecule has 2 aromatic carbocycles. The van der Waals surface area contributed by atoms with Crippen LogP contribution in [0.15, 0.2) is 59.5 Å². The summed E-state index contributed by atoms with van der Waals surface area (Å²) in [6.07, 6.45) is 0.657. The van der Waals surface area contributed by atoms with E-state index in [1.807, 2.05) is 18.2 Å². The van der Waals surface area contributed by atoms with Gasteiger partial charge in [-0.1, -0.05) is 42.5 Å². The zero-order valence-electron chi connectivity index (χ0n) is 12.1. The lowest BCUT2D eigenvalue weighted by molar-refractivity contribution is -0.118. The first-order valence-corrected chi connectivity index (χ1v) is 7.80. The highest BCUT2D eigenvalue weighted by molar-refractivity contribution is 7.97. The van der Waals surface area contributed by atoms with Gasteiger partial charge in [-0.25, -0.2) is 4.72 Å².